The quantitative estimate of drug-likeness (QED) is 0.928. The van der Waals surface area contributed by atoms with Crippen molar-refractivity contribution < 1.29 is 4.74 Å². The van der Waals surface area contributed by atoms with Crippen LogP contribution in [0.3, 0.4) is 0 Å². The maximum absolute atomic E-state index is 5.74. The summed E-state index contributed by atoms with van der Waals surface area (Å²) in [5, 5.41) is 4.28. The summed E-state index contributed by atoms with van der Waals surface area (Å²) in [5.41, 5.74) is 7.00. The van der Waals surface area contributed by atoms with Crippen LogP contribution in [-0.2, 0) is 6.54 Å². The highest BCUT2D eigenvalue weighted by molar-refractivity contribution is 9.10. The third-order valence-corrected chi connectivity index (χ3v) is 3.84. The van der Waals surface area contributed by atoms with Crippen LogP contribution in [0.5, 0.6) is 5.75 Å². The van der Waals surface area contributed by atoms with Crippen LogP contribution in [0.1, 0.15) is 17.9 Å². The second kappa shape index (κ2) is 4.65. The van der Waals surface area contributed by atoms with Gasteiger partial charge in [0, 0.05) is 18.7 Å². The van der Waals surface area contributed by atoms with E-state index in [1.54, 1.807) is 0 Å². The van der Waals surface area contributed by atoms with Crippen LogP contribution in [0.25, 0.3) is 0 Å². The summed E-state index contributed by atoms with van der Waals surface area (Å²) >= 11 is 3.38. The third kappa shape index (κ3) is 2.10. The lowest BCUT2D eigenvalue weighted by molar-refractivity contribution is 0.256. The van der Waals surface area contributed by atoms with Crippen molar-refractivity contribution in [1.82, 2.24) is 9.78 Å². The zero-order valence-electron chi connectivity index (χ0n) is 9.84. The van der Waals surface area contributed by atoms with E-state index in [9.17, 15) is 0 Å². The van der Waals surface area contributed by atoms with Gasteiger partial charge in [-0.2, -0.15) is 5.10 Å². The maximum Gasteiger partial charge on any atom is 0.159 e. The Kier molecular flexibility index (Phi) is 2.99. The lowest BCUT2D eigenvalue weighted by Gasteiger charge is -2.25. The molecule has 2 aromatic rings. The van der Waals surface area contributed by atoms with Crippen LogP contribution < -0.4 is 10.5 Å². The van der Waals surface area contributed by atoms with E-state index in [1.165, 1.54) is 5.56 Å². The van der Waals surface area contributed by atoms with Crippen LogP contribution in [0.15, 0.2) is 34.9 Å². The molecular weight excluding hydrogens is 294 g/mol. The molecule has 18 heavy (non-hydrogen) atoms. The molecule has 2 heterocycles. The fourth-order valence-corrected chi connectivity index (χ4v) is 2.65. The Labute approximate surface area is 114 Å². The van der Waals surface area contributed by atoms with E-state index in [2.05, 4.69) is 27.1 Å². The summed E-state index contributed by atoms with van der Waals surface area (Å²) < 4.78 is 8.40. The highest BCUT2D eigenvalue weighted by Crippen LogP contribution is 2.34. The predicted molar refractivity (Wildman–Crippen MR) is 73.6 cm³/mol. The van der Waals surface area contributed by atoms with Crippen molar-refractivity contribution in [2.24, 2.45) is 0 Å². The molecule has 1 aromatic carbocycles. The molecular formula is C13H14BrN3O. The Morgan fingerprint density at radius 1 is 1.44 bits per heavy atom. The summed E-state index contributed by atoms with van der Waals surface area (Å²) in [6.07, 6.45) is 2.93. The number of ether oxygens (including phenoxy) is 1. The Morgan fingerprint density at radius 2 is 2.28 bits per heavy atom. The van der Waals surface area contributed by atoms with Crippen molar-refractivity contribution in [2.45, 2.75) is 18.9 Å². The highest BCUT2D eigenvalue weighted by atomic mass is 79.9. The largest absolute Gasteiger partial charge is 0.493 e. The summed E-state index contributed by atoms with van der Waals surface area (Å²) in [5.74, 6) is 1.96. The molecule has 1 atom stereocenters. The third-order valence-electron chi connectivity index (χ3n) is 3.23. The van der Waals surface area contributed by atoms with E-state index < -0.39 is 0 Å². The molecule has 94 valence electrons. The number of rotatable bonds is 2. The molecule has 0 fully saturated rings. The number of hydrogen-bond acceptors (Lipinski definition) is 3. The molecule has 1 aliphatic heterocycles. The van der Waals surface area contributed by atoms with Crippen molar-refractivity contribution in [3.05, 3.63) is 40.5 Å². The molecule has 3 rings (SSSR count). The molecule has 0 spiro atoms. The van der Waals surface area contributed by atoms with Gasteiger partial charge in [-0.05, 0) is 34.0 Å². The summed E-state index contributed by atoms with van der Waals surface area (Å²) in [7, 11) is 0. The van der Waals surface area contributed by atoms with Gasteiger partial charge in [-0.1, -0.05) is 18.2 Å². The summed E-state index contributed by atoms with van der Waals surface area (Å²) in [4.78, 5) is 0. The van der Waals surface area contributed by atoms with Crippen molar-refractivity contribution in [1.29, 1.82) is 0 Å². The minimum atomic E-state index is 0.432. The van der Waals surface area contributed by atoms with E-state index in [0.717, 1.165) is 29.8 Å². The molecule has 0 amide bonds. The molecule has 5 heteroatoms. The second-order valence-electron chi connectivity index (χ2n) is 4.46. The zero-order valence-corrected chi connectivity index (χ0v) is 11.4. The Balaban J connectivity index is 1.86. The normalized spacial score (nSPS) is 18.2. The molecule has 4 nitrogen and oxygen atoms in total. The van der Waals surface area contributed by atoms with E-state index in [0.29, 0.717) is 11.7 Å². The number of para-hydroxylation sites is 1. The van der Waals surface area contributed by atoms with Gasteiger partial charge in [-0.15, -0.1) is 0 Å². The number of nitrogen functional groups attached to an aromatic ring is 1. The van der Waals surface area contributed by atoms with Gasteiger partial charge >= 0.3 is 0 Å². The highest BCUT2D eigenvalue weighted by Gasteiger charge is 2.21. The van der Waals surface area contributed by atoms with Crippen LogP contribution in [0.2, 0.25) is 0 Å². The first-order valence-corrected chi connectivity index (χ1v) is 6.73. The molecule has 0 saturated heterocycles. The summed E-state index contributed by atoms with van der Waals surface area (Å²) in [6, 6.07) is 8.20. The number of anilines is 1. The molecule has 0 saturated carbocycles. The minimum absolute atomic E-state index is 0.432. The molecule has 1 aliphatic rings. The number of halogens is 1. The van der Waals surface area contributed by atoms with Gasteiger partial charge in [0.1, 0.15) is 5.75 Å². The van der Waals surface area contributed by atoms with Gasteiger partial charge in [-0.3, -0.25) is 4.68 Å². The van der Waals surface area contributed by atoms with E-state index in [1.807, 2.05) is 29.1 Å². The Bertz CT molecular complexity index is 548. The first-order chi connectivity index (χ1) is 8.74. The van der Waals surface area contributed by atoms with Crippen molar-refractivity contribution in [3.63, 3.8) is 0 Å². The Hall–Kier alpha value is -1.49. The SMILES string of the molecule is Nc1nn(CC2CCOc3ccccc32)cc1Br. The van der Waals surface area contributed by atoms with Crippen LogP contribution >= 0.6 is 15.9 Å². The second-order valence-corrected chi connectivity index (χ2v) is 5.31. The number of nitrogens with two attached hydrogens (primary N) is 1. The fourth-order valence-electron chi connectivity index (χ4n) is 2.34. The van der Waals surface area contributed by atoms with Crippen molar-refractivity contribution >= 4 is 21.7 Å². The number of benzene rings is 1. The lowest BCUT2D eigenvalue weighted by Crippen LogP contribution is -2.18. The van der Waals surface area contributed by atoms with Gasteiger partial charge < -0.3 is 10.5 Å². The van der Waals surface area contributed by atoms with Crippen molar-refractivity contribution in [2.75, 3.05) is 12.3 Å². The maximum atomic E-state index is 5.74. The average Bonchev–Trinajstić information content (AvgIpc) is 2.69. The lowest BCUT2D eigenvalue weighted by atomic mass is 9.93. The van der Waals surface area contributed by atoms with Gasteiger partial charge in [-0.25, -0.2) is 0 Å². The summed E-state index contributed by atoms with van der Waals surface area (Å²) in [6.45, 7) is 1.59. The minimum Gasteiger partial charge on any atom is -0.493 e. The van der Waals surface area contributed by atoms with Crippen LogP contribution in [-0.4, -0.2) is 16.4 Å². The zero-order chi connectivity index (χ0) is 12.5. The Morgan fingerprint density at radius 3 is 3.06 bits per heavy atom. The smallest absolute Gasteiger partial charge is 0.159 e. The molecule has 1 unspecified atom stereocenters. The number of hydrogen-bond donors (Lipinski definition) is 1. The van der Waals surface area contributed by atoms with E-state index >= 15 is 0 Å². The average molecular weight is 308 g/mol. The standard InChI is InChI=1S/C13H14BrN3O/c14-11-8-17(16-13(11)15)7-9-5-6-18-12-4-2-1-3-10(9)12/h1-4,8-9H,5-7H2,(H2,15,16). The molecule has 1 aromatic heterocycles. The van der Waals surface area contributed by atoms with E-state index in [-0.39, 0.29) is 0 Å². The first kappa shape index (κ1) is 11.6. The number of nitrogens with zero attached hydrogens (tertiary/aromatic N) is 2. The van der Waals surface area contributed by atoms with Crippen LogP contribution in [0, 0.1) is 0 Å². The predicted octanol–water partition coefficient (Wildman–Crippen LogP) is 2.79. The van der Waals surface area contributed by atoms with Gasteiger partial charge in [0.15, 0.2) is 5.82 Å². The molecule has 2 N–H and O–H groups in total. The fraction of sp³-hybridized carbons (Fsp3) is 0.308. The monoisotopic (exact) mass is 307 g/mol. The van der Waals surface area contributed by atoms with E-state index in [4.69, 9.17) is 10.5 Å². The number of aromatic nitrogens is 2. The molecule has 0 bridgehead atoms. The van der Waals surface area contributed by atoms with Crippen molar-refractivity contribution in [3.8, 4) is 5.75 Å². The van der Waals surface area contributed by atoms with Gasteiger partial charge in [0.05, 0.1) is 11.1 Å². The topological polar surface area (TPSA) is 53.1 Å². The molecule has 0 aliphatic carbocycles. The van der Waals surface area contributed by atoms with Gasteiger partial charge in [0.2, 0.25) is 0 Å². The first-order valence-electron chi connectivity index (χ1n) is 5.94. The van der Waals surface area contributed by atoms with Crippen LogP contribution in [0.4, 0.5) is 5.82 Å². The number of fused-ring (bicyclic) bond motifs is 1. The van der Waals surface area contributed by atoms with Gasteiger partial charge in [0.25, 0.3) is 0 Å². The molecule has 0 radical (unpaired) electrons.